The topological polar surface area (TPSA) is 22.9 Å². The van der Waals surface area contributed by atoms with Gasteiger partial charge in [-0.2, -0.15) is 0 Å². The Hall–Kier alpha value is -6.20. The Kier molecular flexibility index (Phi) is 9.98. The molecule has 7 aliphatic rings. The number of fused-ring (bicyclic) bond motifs is 13. The van der Waals surface area contributed by atoms with E-state index in [2.05, 4.69) is 233 Å². The van der Waals surface area contributed by atoms with Crippen molar-refractivity contribution in [2.75, 3.05) is 14.7 Å². The minimum absolute atomic E-state index is 0.00276. The Labute approximate surface area is 472 Å². The van der Waals surface area contributed by atoms with E-state index in [1.807, 2.05) is 0 Å². The van der Waals surface area contributed by atoms with E-state index in [9.17, 15) is 0 Å². The molecular weight excluding hydrogens is 958 g/mol. The van der Waals surface area contributed by atoms with Crippen LogP contribution in [-0.2, 0) is 37.9 Å². The van der Waals surface area contributed by atoms with Crippen molar-refractivity contribution in [3.05, 3.63) is 160 Å². The number of anilines is 8. The molecule has 402 valence electrons. The van der Waals surface area contributed by atoms with E-state index in [1.54, 1.807) is 0 Å². The second kappa shape index (κ2) is 15.8. The Balaban J connectivity index is 1.13. The number of nitrogens with zero attached hydrogens (tertiary/aromatic N) is 3. The number of hydrogen-bond acceptors (Lipinski definition) is 4. The fraction of sp³-hybridized carbons (Fsp3) is 0.432. The van der Waals surface area contributed by atoms with Crippen molar-refractivity contribution in [3.8, 4) is 0 Å². The van der Waals surface area contributed by atoms with E-state index in [0.29, 0.717) is 0 Å². The molecule has 4 heterocycles. The minimum Gasteiger partial charge on any atom is -0.456 e. The second-order valence-electron chi connectivity index (χ2n) is 30.4. The van der Waals surface area contributed by atoms with Gasteiger partial charge in [-0.15, -0.1) is 0 Å². The van der Waals surface area contributed by atoms with Crippen LogP contribution < -0.4 is 31.1 Å². The van der Waals surface area contributed by atoms with Gasteiger partial charge in [0.25, 0.3) is 6.71 Å². The zero-order valence-corrected chi connectivity index (χ0v) is 49.9. The van der Waals surface area contributed by atoms with Crippen molar-refractivity contribution in [1.29, 1.82) is 0 Å². The first kappa shape index (κ1) is 49.8. The highest BCUT2D eigenvalue weighted by atomic mass is 16.3. The molecular formula is C74H82BN3O. The van der Waals surface area contributed by atoms with Crippen LogP contribution in [0, 0.1) is 0 Å². The van der Waals surface area contributed by atoms with Crippen molar-refractivity contribution in [2.45, 2.75) is 205 Å². The van der Waals surface area contributed by atoms with Crippen molar-refractivity contribution < 1.29 is 4.42 Å². The van der Waals surface area contributed by atoms with Crippen molar-refractivity contribution in [1.82, 2.24) is 0 Å². The number of hydrogen-bond donors (Lipinski definition) is 0. The van der Waals surface area contributed by atoms with E-state index < -0.39 is 0 Å². The third kappa shape index (κ3) is 6.63. The SMILES string of the molecule is CC1(C)CCC(C)(C)c2cc(N3c4cc5c(cc4B4c6cc7c(cc6N(c6cccc8oc9ccccc9c68)c6cc(N8c9ccccc9C9(C)CCCCC89C)cc3c64)C(C)(C)CCC7(C)C)C(C)(C)CCC5(C)C)ccc21. The summed E-state index contributed by atoms with van der Waals surface area (Å²) in [5.74, 6) is 0. The lowest BCUT2D eigenvalue weighted by molar-refractivity contribution is 0.195. The predicted octanol–water partition coefficient (Wildman–Crippen LogP) is 18.5. The van der Waals surface area contributed by atoms with Gasteiger partial charge in [0.05, 0.1) is 16.6 Å². The van der Waals surface area contributed by atoms with Crippen LogP contribution in [0.25, 0.3) is 21.9 Å². The summed E-state index contributed by atoms with van der Waals surface area (Å²) in [6.07, 6.45) is 11.8. The monoisotopic (exact) mass is 1040 g/mol. The molecule has 0 radical (unpaired) electrons. The smallest absolute Gasteiger partial charge is 0.252 e. The van der Waals surface area contributed by atoms with Crippen LogP contribution in [-0.4, -0.2) is 12.3 Å². The van der Waals surface area contributed by atoms with Gasteiger partial charge in [-0.1, -0.05) is 164 Å². The van der Waals surface area contributed by atoms with Gasteiger partial charge in [0.1, 0.15) is 11.2 Å². The van der Waals surface area contributed by atoms with E-state index in [1.165, 1.54) is 145 Å². The van der Waals surface area contributed by atoms with Crippen LogP contribution in [0.2, 0.25) is 0 Å². The maximum atomic E-state index is 6.86. The molecule has 15 rings (SSSR count). The van der Waals surface area contributed by atoms with Gasteiger partial charge in [0.2, 0.25) is 0 Å². The maximum Gasteiger partial charge on any atom is 0.252 e. The lowest BCUT2D eigenvalue weighted by Gasteiger charge is -2.52. The molecule has 79 heavy (non-hydrogen) atoms. The molecule has 1 saturated carbocycles. The molecule has 0 N–H and O–H groups in total. The molecule has 3 aliphatic heterocycles. The van der Waals surface area contributed by atoms with Crippen molar-refractivity contribution >= 4 is 90.5 Å². The van der Waals surface area contributed by atoms with E-state index >= 15 is 0 Å². The lowest BCUT2D eigenvalue weighted by Crippen LogP contribution is -2.62. The number of benzene rings is 7. The third-order valence-electron chi connectivity index (χ3n) is 23.0. The van der Waals surface area contributed by atoms with Crippen LogP contribution in [0.1, 0.15) is 200 Å². The molecule has 7 aromatic carbocycles. The van der Waals surface area contributed by atoms with Gasteiger partial charge in [-0.05, 0) is 207 Å². The molecule has 1 aromatic heterocycles. The van der Waals surface area contributed by atoms with Crippen LogP contribution >= 0.6 is 0 Å². The molecule has 4 nitrogen and oxygen atoms in total. The Morgan fingerprint density at radius 1 is 0.367 bits per heavy atom. The predicted molar refractivity (Wildman–Crippen MR) is 336 cm³/mol. The van der Waals surface area contributed by atoms with Gasteiger partial charge in [-0.3, -0.25) is 0 Å². The molecule has 5 heteroatoms. The summed E-state index contributed by atoms with van der Waals surface area (Å²) >= 11 is 0. The number of para-hydroxylation sites is 2. The quantitative estimate of drug-likeness (QED) is 0.165. The minimum atomic E-state index is -0.143. The van der Waals surface area contributed by atoms with Gasteiger partial charge in [-0.25, -0.2) is 0 Å². The van der Waals surface area contributed by atoms with Crippen LogP contribution in [0.5, 0.6) is 0 Å². The highest BCUT2D eigenvalue weighted by molar-refractivity contribution is 7.00. The van der Waals surface area contributed by atoms with Crippen LogP contribution in [0.15, 0.2) is 126 Å². The molecule has 4 aliphatic carbocycles. The molecule has 0 bridgehead atoms. The average Bonchev–Trinajstić information content (AvgIpc) is 4.09. The normalized spacial score (nSPS) is 24.7. The number of rotatable bonds is 3. The summed E-state index contributed by atoms with van der Waals surface area (Å²) in [7, 11) is 0. The molecule has 0 amide bonds. The first-order valence-electron chi connectivity index (χ1n) is 30.5. The average molecular weight is 1040 g/mol. The standard InChI is InChI=1S/C74H82BN3O/c1-67(2)32-33-68(3,4)50-38-45(28-29-48(50)67)76-59-43-53-51(69(5,6)34-36-71(53,9)10)41-55(59)75-56-42-52-54(72(11,12)37-35-70(52,7)8)44-60(56)77(58-25-21-27-64-65(58)47-22-15-18-26-63(47)79-64)62-40-46(39-61(76)66(62)75)78-57-24-17-16-23-49(57)73(13)30-19-20-31-74(73,78)14/h15-18,21-29,38-44H,19-20,30-37H2,1-14H3. The fourth-order valence-corrected chi connectivity index (χ4v) is 17.5. The van der Waals surface area contributed by atoms with Gasteiger partial charge < -0.3 is 19.1 Å². The van der Waals surface area contributed by atoms with Crippen LogP contribution in [0.4, 0.5) is 45.5 Å². The van der Waals surface area contributed by atoms with E-state index in [-0.39, 0.29) is 50.2 Å². The third-order valence-corrected chi connectivity index (χ3v) is 23.0. The van der Waals surface area contributed by atoms with Crippen molar-refractivity contribution in [2.24, 2.45) is 0 Å². The molecule has 8 aromatic rings. The summed E-state index contributed by atoms with van der Waals surface area (Å²) in [6, 6.07) is 49.0. The molecule has 0 saturated heterocycles. The molecule has 2 atom stereocenters. The maximum absolute atomic E-state index is 6.86. The van der Waals surface area contributed by atoms with E-state index in [4.69, 9.17) is 4.42 Å². The van der Waals surface area contributed by atoms with Crippen LogP contribution in [0.3, 0.4) is 0 Å². The van der Waals surface area contributed by atoms with E-state index in [0.717, 1.165) is 42.2 Å². The Bertz CT molecular complexity index is 3960. The molecule has 1 fully saturated rings. The zero-order valence-electron chi connectivity index (χ0n) is 49.9. The second-order valence-corrected chi connectivity index (χ2v) is 30.4. The zero-order chi connectivity index (χ0) is 54.9. The molecule has 0 spiro atoms. The lowest BCUT2D eigenvalue weighted by atomic mass is 9.32. The summed E-state index contributed by atoms with van der Waals surface area (Å²) in [5, 5.41) is 2.33. The first-order valence-corrected chi connectivity index (χ1v) is 30.5. The van der Waals surface area contributed by atoms with Gasteiger partial charge in [0.15, 0.2) is 0 Å². The summed E-state index contributed by atoms with van der Waals surface area (Å²) in [5.41, 5.74) is 26.9. The summed E-state index contributed by atoms with van der Waals surface area (Å²) in [6.45, 7) is 35.3. The first-order chi connectivity index (χ1) is 37.4. The highest BCUT2D eigenvalue weighted by Crippen LogP contribution is 2.63. The highest BCUT2D eigenvalue weighted by Gasteiger charge is 2.58. The Morgan fingerprint density at radius 3 is 1.49 bits per heavy atom. The number of furan rings is 1. The van der Waals surface area contributed by atoms with Crippen molar-refractivity contribution in [3.63, 3.8) is 0 Å². The van der Waals surface area contributed by atoms with Gasteiger partial charge in [0, 0.05) is 50.6 Å². The largest absolute Gasteiger partial charge is 0.456 e. The molecule has 2 unspecified atom stereocenters. The fourth-order valence-electron chi connectivity index (χ4n) is 17.5. The summed E-state index contributed by atoms with van der Waals surface area (Å²) in [4.78, 5) is 8.38. The van der Waals surface area contributed by atoms with Gasteiger partial charge >= 0.3 is 0 Å². The Morgan fingerprint density at radius 2 is 0.861 bits per heavy atom. The summed E-state index contributed by atoms with van der Waals surface area (Å²) < 4.78 is 6.86.